The molecule has 180 valence electrons. The van der Waals surface area contributed by atoms with Crippen LogP contribution in [0.4, 0.5) is 5.69 Å². The van der Waals surface area contributed by atoms with Gasteiger partial charge in [0.15, 0.2) is 0 Å². The lowest BCUT2D eigenvalue weighted by Crippen LogP contribution is -2.29. The number of benzene rings is 3. The van der Waals surface area contributed by atoms with Crippen LogP contribution in [0.5, 0.6) is 11.5 Å². The van der Waals surface area contributed by atoms with E-state index in [0.717, 1.165) is 11.8 Å². The largest absolute Gasteiger partial charge is 0.497 e. The summed E-state index contributed by atoms with van der Waals surface area (Å²) in [6.07, 6.45) is 1.14. The van der Waals surface area contributed by atoms with Crippen LogP contribution in [0.1, 0.15) is 15.9 Å². The number of methoxy groups -OCH3 is 1. The molecule has 10 heteroatoms. The molecule has 0 aliphatic carbocycles. The molecule has 0 bridgehead atoms. The standard InChI is InChI=1S/C24H24BrClN2O5S/c1-32-20-4-3-5-21(15-20)33-13-12-27-24(29)18-8-6-17(7-9-18)16-28(34(2,30)31)19-10-11-22(25)23(26)14-19/h3-11,14-15H,12-13,16H2,1-2H3,(H,27,29). The van der Waals surface area contributed by atoms with Crippen molar-refractivity contribution in [2.24, 2.45) is 0 Å². The summed E-state index contributed by atoms with van der Waals surface area (Å²) in [6.45, 7) is 0.729. The van der Waals surface area contributed by atoms with E-state index in [-0.39, 0.29) is 12.5 Å². The second-order valence-electron chi connectivity index (χ2n) is 7.35. The van der Waals surface area contributed by atoms with Crippen LogP contribution in [0, 0.1) is 0 Å². The number of hydrogen-bond acceptors (Lipinski definition) is 5. The minimum Gasteiger partial charge on any atom is -0.497 e. The van der Waals surface area contributed by atoms with Crippen LogP contribution in [-0.4, -0.2) is 40.8 Å². The Morgan fingerprint density at radius 3 is 2.41 bits per heavy atom. The van der Waals surface area contributed by atoms with Crippen molar-refractivity contribution < 1.29 is 22.7 Å². The molecule has 0 unspecified atom stereocenters. The molecule has 0 aliphatic heterocycles. The summed E-state index contributed by atoms with van der Waals surface area (Å²) >= 11 is 9.45. The normalized spacial score (nSPS) is 11.1. The van der Waals surface area contributed by atoms with Gasteiger partial charge in [0.05, 0.1) is 37.2 Å². The smallest absolute Gasteiger partial charge is 0.251 e. The van der Waals surface area contributed by atoms with Gasteiger partial charge in [-0.05, 0) is 64.0 Å². The Morgan fingerprint density at radius 1 is 1.06 bits per heavy atom. The summed E-state index contributed by atoms with van der Waals surface area (Å²) < 4.78 is 37.5. The van der Waals surface area contributed by atoms with Crippen LogP contribution in [-0.2, 0) is 16.6 Å². The number of anilines is 1. The van der Waals surface area contributed by atoms with E-state index in [0.29, 0.717) is 45.4 Å². The number of sulfonamides is 1. The molecule has 3 aromatic carbocycles. The van der Waals surface area contributed by atoms with E-state index in [1.165, 1.54) is 4.31 Å². The highest BCUT2D eigenvalue weighted by atomic mass is 79.9. The highest BCUT2D eigenvalue weighted by molar-refractivity contribution is 9.10. The first-order valence-corrected chi connectivity index (χ1v) is 13.3. The molecule has 3 aromatic rings. The summed E-state index contributed by atoms with van der Waals surface area (Å²) in [5, 5.41) is 3.21. The maximum Gasteiger partial charge on any atom is 0.251 e. The molecule has 1 N–H and O–H groups in total. The Bertz CT molecular complexity index is 1250. The number of nitrogens with one attached hydrogen (secondary N) is 1. The summed E-state index contributed by atoms with van der Waals surface area (Å²) in [4.78, 5) is 12.4. The molecule has 0 spiro atoms. The van der Waals surface area contributed by atoms with E-state index in [9.17, 15) is 13.2 Å². The van der Waals surface area contributed by atoms with Gasteiger partial charge in [-0.25, -0.2) is 8.42 Å². The highest BCUT2D eigenvalue weighted by Gasteiger charge is 2.19. The van der Waals surface area contributed by atoms with Crippen molar-refractivity contribution in [1.29, 1.82) is 0 Å². The molecule has 3 rings (SSSR count). The molecule has 0 saturated heterocycles. The van der Waals surface area contributed by atoms with E-state index in [4.69, 9.17) is 21.1 Å². The van der Waals surface area contributed by atoms with Gasteiger partial charge in [-0.15, -0.1) is 0 Å². The molecule has 0 aliphatic rings. The van der Waals surface area contributed by atoms with Crippen molar-refractivity contribution >= 4 is 49.1 Å². The maximum absolute atomic E-state index is 12.4. The third-order valence-electron chi connectivity index (χ3n) is 4.83. The maximum atomic E-state index is 12.4. The van der Waals surface area contributed by atoms with Crippen LogP contribution >= 0.6 is 27.5 Å². The van der Waals surface area contributed by atoms with Crippen molar-refractivity contribution in [3.05, 3.63) is 87.4 Å². The number of halogens is 2. The van der Waals surface area contributed by atoms with Crippen LogP contribution in [0.15, 0.2) is 71.2 Å². The van der Waals surface area contributed by atoms with Crippen molar-refractivity contribution in [1.82, 2.24) is 5.32 Å². The Balaban J connectivity index is 1.58. The van der Waals surface area contributed by atoms with Crippen LogP contribution in [0.2, 0.25) is 5.02 Å². The van der Waals surface area contributed by atoms with Gasteiger partial charge in [-0.2, -0.15) is 0 Å². The number of carbonyl (C=O) groups is 1. The molecule has 7 nitrogen and oxygen atoms in total. The van der Waals surface area contributed by atoms with Gasteiger partial charge in [0.25, 0.3) is 5.91 Å². The van der Waals surface area contributed by atoms with Gasteiger partial charge in [-0.3, -0.25) is 9.10 Å². The molecule has 34 heavy (non-hydrogen) atoms. The van der Waals surface area contributed by atoms with Crippen molar-refractivity contribution in [3.63, 3.8) is 0 Å². The number of rotatable bonds is 10. The van der Waals surface area contributed by atoms with Crippen LogP contribution in [0.3, 0.4) is 0 Å². The number of nitrogens with zero attached hydrogens (tertiary/aromatic N) is 1. The van der Waals surface area contributed by atoms with Crippen LogP contribution < -0.4 is 19.1 Å². The zero-order valence-corrected chi connectivity index (χ0v) is 21.8. The average Bonchev–Trinajstić information content (AvgIpc) is 2.82. The quantitative estimate of drug-likeness (QED) is 0.353. The summed E-state index contributed by atoms with van der Waals surface area (Å²) in [7, 11) is -1.97. The molecular formula is C24H24BrClN2O5S. The molecule has 0 radical (unpaired) electrons. The second-order valence-corrected chi connectivity index (χ2v) is 10.5. The fourth-order valence-corrected chi connectivity index (χ4v) is 4.40. The predicted molar refractivity (Wildman–Crippen MR) is 137 cm³/mol. The van der Waals surface area contributed by atoms with Gasteiger partial charge < -0.3 is 14.8 Å². The van der Waals surface area contributed by atoms with E-state index < -0.39 is 10.0 Å². The monoisotopic (exact) mass is 566 g/mol. The fourth-order valence-electron chi connectivity index (χ4n) is 3.09. The minimum atomic E-state index is -3.56. The molecular weight excluding hydrogens is 544 g/mol. The van der Waals surface area contributed by atoms with Crippen molar-refractivity contribution in [2.75, 3.05) is 30.8 Å². The zero-order chi connectivity index (χ0) is 24.7. The molecule has 0 fully saturated rings. The third-order valence-corrected chi connectivity index (χ3v) is 7.20. The number of ether oxygens (including phenoxy) is 2. The number of carbonyl (C=O) groups excluding carboxylic acids is 1. The average molecular weight is 568 g/mol. The first-order chi connectivity index (χ1) is 16.2. The predicted octanol–water partition coefficient (Wildman–Crippen LogP) is 4.89. The highest BCUT2D eigenvalue weighted by Crippen LogP contribution is 2.29. The molecule has 0 atom stereocenters. The fraction of sp³-hybridized carbons (Fsp3) is 0.208. The third kappa shape index (κ3) is 7.12. The lowest BCUT2D eigenvalue weighted by molar-refractivity contribution is 0.0947. The summed E-state index contributed by atoms with van der Waals surface area (Å²) in [6, 6.07) is 18.9. The van der Waals surface area contributed by atoms with E-state index in [1.54, 1.807) is 55.6 Å². The Labute approximate surface area is 212 Å². The van der Waals surface area contributed by atoms with E-state index >= 15 is 0 Å². The first kappa shape index (κ1) is 25.9. The van der Waals surface area contributed by atoms with Crippen molar-refractivity contribution in [3.8, 4) is 11.5 Å². The van der Waals surface area contributed by atoms with E-state index in [1.807, 2.05) is 18.2 Å². The van der Waals surface area contributed by atoms with E-state index in [2.05, 4.69) is 21.2 Å². The number of amides is 1. The Morgan fingerprint density at radius 2 is 1.76 bits per heavy atom. The topological polar surface area (TPSA) is 84.9 Å². The Hall–Kier alpha value is -2.75. The van der Waals surface area contributed by atoms with Gasteiger partial charge in [0.2, 0.25) is 10.0 Å². The summed E-state index contributed by atoms with van der Waals surface area (Å²) in [5.74, 6) is 1.10. The SMILES string of the molecule is COc1cccc(OCCNC(=O)c2ccc(CN(c3ccc(Br)c(Cl)c3)S(C)(=O)=O)cc2)c1. The zero-order valence-electron chi connectivity index (χ0n) is 18.6. The Kier molecular flexibility index (Phi) is 8.82. The lowest BCUT2D eigenvalue weighted by Gasteiger charge is -2.23. The second kappa shape index (κ2) is 11.6. The van der Waals surface area contributed by atoms with Crippen molar-refractivity contribution in [2.45, 2.75) is 6.54 Å². The van der Waals surface area contributed by atoms with Crippen LogP contribution in [0.25, 0.3) is 0 Å². The van der Waals surface area contributed by atoms with Gasteiger partial charge in [-0.1, -0.05) is 29.8 Å². The lowest BCUT2D eigenvalue weighted by atomic mass is 10.1. The first-order valence-electron chi connectivity index (χ1n) is 10.2. The molecule has 0 saturated carbocycles. The summed E-state index contributed by atoms with van der Waals surface area (Å²) in [5.41, 5.74) is 1.64. The van der Waals surface area contributed by atoms with Gasteiger partial charge in [0.1, 0.15) is 18.1 Å². The van der Waals surface area contributed by atoms with Gasteiger partial charge in [0, 0.05) is 16.1 Å². The van der Waals surface area contributed by atoms with Gasteiger partial charge >= 0.3 is 0 Å². The number of hydrogen-bond donors (Lipinski definition) is 1. The molecule has 0 aromatic heterocycles. The molecule has 1 amide bonds. The molecule has 0 heterocycles. The minimum absolute atomic E-state index is 0.104.